The summed E-state index contributed by atoms with van der Waals surface area (Å²) in [5.74, 6) is 0. The number of rotatable bonds is 5. The van der Waals surface area contributed by atoms with Gasteiger partial charge in [0.05, 0.1) is 17.6 Å². The molecule has 1 aromatic carbocycles. The van der Waals surface area contributed by atoms with E-state index < -0.39 is 15.3 Å². The molecule has 0 spiro atoms. The van der Waals surface area contributed by atoms with Gasteiger partial charge in [-0.2, -0.15) is 8.42 Å². The third-order valence-corrected chi connectivity index (χ3v) is 4.33. The molecule has 2 rings (SSSR count). The second kappa shape index (κ2) is 7.69. The highest BCUT2D eigenvalue weighted by molar-refractivity contribution is 8.07. The van der Waals surface area contributed by atoms with Gasteiger partial charge in [0.25, 0.3) is 0 Å². The minimum absolute atomic E-state index is 0.111. The van der Waals surface area contributed by atoms with E-state index in [1.54, 1.807) is 31.2 Å². The van der Waals surface area contributed by atoms with Crippen LogP contribution in [0.4, 0.5) is 21.9 Å². The third-order valence-electron chi connectivity index (χ3n) is 2.77. The highest BCUT2D eigenvalue weighted by atomic mass is 35.5. The van der Waals surface area contributed by atoms with Gasteiger partial charge in [-0.15, -0.1) is 0 Å². The number of anilines is 3. The average Bonchev–Trinajstić information content (AvgIpc) is 2.48. The summed E-state index contributed by atoms with van der Waals surface area (Å²) in [6.45, 7) is 1.81. The molecule has 128 valence electrons. The number of amides is 1. The van der Waals surface area contributed by atoms with Gasteiger partial charge in [0.1, 0.15) is 0 Å². The number of nitrogens with one attached hydrogen (secondary N) is 3. The molecule has 0 bridgehead atoms. The summed E-state index contributed by atoms with van der Waals surface area (Å²) in [4.78, 5) is 15.5. The molecule has 0 atom stereocenters. The van der Waals surface area contributed by atoms with Gasteiger partial charge in [0, 0.05) is 28.5 Å². The Bertz CT molecular complexity index is 839. The lowest BCUT2D eigenvalue weighted by Crippen LogP contribution is -2.33. The molecule has 2 aromatic rings. The molecule has 24 heavy (non-hydrogen) atoms. The summed E-state index contributed by atoms with van der Waals surface area (Å²) >= 11 is 11.9. The molecular weight excluding hydrogens is 375 g/mol. The van der Waals surface area contributed by atoms with E-state index in [1.807, 2.05) is 0 Å². The van der Waals surface area contributed by atoms with Crippen LogP contribution in [0.3, 0.4) is 0 Å². The molecule has 3 N–H and O–H groups in total. The van der Waals surface area contributed by atoms with Crippen molar-refractivity contribution in [2.24, 2.45) is 0 Å². The van der Waals surface area contributed by atoms with Crippen LogP contribution in [-0.2, 0) is 10.0 Å². The molecule has 0 saturated carbocycles. The number of pyridine rings is 1. The number of hydrogen-bond acceptors (Lipinski definition) is 5. The summed E-state index contributed by atoms with van der Waals surface area (Å²) in [5.41, 5.74) is 1.05. The SMILES string of the molecule is CCNC(=O)S(=O)(=O)Nc1cnccc1Nc1cc(Cl)cc(Cl)c1. The lowest BCUT2D eigenvalue weighted by atomic mass is 10.3. The van der Waals surface area contributed by atoms with Gasteiger partial charge in [-0.3, -0.25) is 14.5 Å². The van der Waals surface area contributed by atoms with E-state index in [-0.39, 0.29) is 12.2 Å². The van der Waals surface area contributed by atoms with E-state index in [9.17, 15) is 13.2 Å². The Labute approximate surface area is 149 Å². The van der Waals surface area contributed by atoms with Crippen molar-refractivity contribution >= 4 is 55.5 Å². The van der Waals surface area contributed by atoms with Crippen molar-refractivity contribution in [1.29, 1.82) is 0 Å². The van der Waals surface area contributed by atoms with E-state index in [4.69, 9.17) is 23.2 Å². The fourth-order valence-corrected chi connectivity index (χ4v) is 3.20. The summed E-state index contributed by atoms with van der Waals surface area (Å²) in [6, 6.07) is 6.36. The van der Waals surface area contributed by atoms with Crippen LogP contribution in [0.2, 0.25) is 10.0 Å². The lowest BCUT2D eigenvalue weighted by Gasteiger charge is -2.13. The van der Waals surface area contributed by atoms with Gasteiger partial charge in [-0.05, 0) is 31.2 Å². The van der Waals surface area contributed by atoms with Crippen molar-refractivity contribution in [2.45, 2.75) is 6.92 Å². The van der Waals surface area contributed by atoms with Gasteiger partial charge in [0.15, 0.2) is 0 Å². The predicted molar refractivity (Wildman–Crippen MR) is 95.6 cm³/mol. The maximum atomic E-state index is 12.0. The molecule has 10 heteroatoms. The number of hydrogen-bond donors (Lipinski definition) is 3. The molecule has 1 aromatic heterocycles. The molecule has 0 aliphatic carbocycles. The Morgan fingerprint density at radius 1 is 1.17 bits per heavy atom. The number of halogens is 2. The second-order valence-corrected chi connectivity index (χ2v) is 7.08. The highest BCUT2D eigenvalue weighted by Gasteiger charge is 2.22. The van der Waals surface area contributed by atoms with Crippen LogP contribution < -0.4 is 15.4 Å². The molecular formula is C14H14Cl2N4O3S. The van der Waals surface area contributed by atoms with Gasteiger partial charge < -0.3 is 10.6 Å². The number of benzene rings is 1. The van der Waals surface area contributed by atoms with Crippen molar-refractivity contribution < 1.29 is 13.2 Å². The second-order valence-electron chi connectivity index (χ2n) is 4.63. The van der Waals surface area contributed by atoms with Crippen molar-refractivity contribution in [1.82, 2.24) is 10.3 Å². The summed E-state index contributed by atoms with van der Waals surface area (Å²) < 4.78 is 26.2. The van der Waals surface area contributed by atoms with E-state index in [0.29, 0.717) is 21.4 Å². The van der Waals surface area contributed by atoms with Crippen LogP contribution >= 0.6 is 23.2 Å². The number of nitrogens with zero attached hydrogens (tertiary/aromatic N) is 1. The van der Waals surface area contributed by atoms with Gasteiger partial charge in [-0.25, -0.2) is 0 Å². The fourth-order valence-electron chi connectivity index (χ4n) is 1.80. The van der Waals surface area contributed by atoms with Crippen LogP contribution in [0.1, 0.15) is 6.92 Å². The highest BCUT2D eigenvalue weighted by Crippen LogP contribution is 2.29. The average molecular weight is 389 g/mol. The quantitative estimate of drug-likeness (QED) is 0.726. The molecule has 0 saturated heterocycles. The topological polar surface area (TPSA) is 100 Å². The molecule has 0 radical (unpaired) electrons. The minimum Gasteiger partial charge on any atom is -0.354 e. The Hall–Kier alpha value is -2.03. The van der Waals surface area contributed by atoms with Crippen molar-refractivity contribution in [2.75, 3.05) is 16.6 Å². The first-order valence-corrected chi connectivity index (χ1v) is 9.03. The van der Waals surface area contributed by atoms with E-state index in [1.165, 1.54) is 12.4 Å². The Morgan fingerprint density at radius 2 is 1.83 bits per heavy atom. The Kier molecular flexibility index (Phi) is 5.87. The van der Waals surface area contributed by atoms with Crippen molar-refractivity contribution in [3.8, 4) is 0 Å². The molecule has 1 amide bonds. The largest absolute Gasteiger partial charge is 0.356 e. The summed E-state index contributed by atoms with van der Waals surface area (Å²) in [7, 11) is -4.24. The monoisotopic (exact) mass is 388 g/mol. The molecule has 0 aliphatic heterocycles. The molecule has 0 fully saturated rings. The van der Waals surface area contributed by atoms with E-state index in [2.05, 4.69) is 20.3 Å². The normalized spacial score (nSPS) is 11.0. The zero-order valence-corrected chi connectivity index (χ0v) is 14.8. The maximum absolute atomic E-state index is 12.0. The minimum atomic E-state index is -4.24. The van der Waals surface area contributed by atoms with Crippen LogP contribution in [0.15, 0.2) is 36.7 Å². The van der Waals surface area contributed by atoms with E-state index >= 15 is 0 Å². The first-order valence-electron chi connectivity index (χ1n) is 6.79. The first kappa shape index (κ1) is 18.3. The zero-order valence-electron chi connectivity index (χ0n) is 12.5. The molecule has 0 aliphatic rings. The summed E-state index contributed by atoms with van der Waals surface area (Å²) in [6.07, 6.45) is 2.75. The molecule has 7 nitrogen and oxygen atoms in total. The predicted octanol–water partition coefficient (Wildman–Crippen LogP) is 3.60. The fraction of sp³-hybridized carbons (Fsp3) is 0.143. The maximum Gasteiger partial charge on any atom is 0.356 e. The molecule has 1 heterocycles. The number of carbonyl (C=O) groups is 1. The van der Waals surface area contributed by atoms with Crippen molar-refractivity contribution in [3.63, 3.8) is 0 Å². The number of sulfonamides is 1. The Balaban J connectivity index is 2.29. The van der Waals surface area contributed by atoms with Crippen LogP contribution in [0.5, 0.6) is 0 Å². The number of aromatic nitrogens is 1. The van der Waals surface area contributed by atoms with E-state index in [0.717, 1.165) is 0 Å². The van der Waals surface area contributed by atoms with Crippen LogP contribution in [0.25, 0.3) is 0 Å². The molecule has 0 unspecified atom stereocenters. The summed E-state index contributed by atoms with van der Waals surface area (Å²) in [5, 5.41) is 4.93. The lowest BCUT2D eigenvalue weighted by molar-refractivity contribution is 0.259. The van der Waals surface area contributed by atoms with Crippen LogP contribution in [-0.4, -0.2) is 25.2 Å². The van der Waals surface area contributed by atoms with Crippen LogP contribution in [0, 0.1) is 0 Å². The third kappa shape index (κ3) is 4.73. The van der Waals surface area contributed by atoms with Gasteiger partial charge >= 0.3 is 15.3 Å². The smallest absolute Gasteiger partial charge is 0.354 e. The van der Waals surface area contributed by atoms with Gasteiger partial charge in [0.2, 0.25) is 0 Å². The standard InChI is InChI=1S/C14H14Cl2N4O3S/c1-2-18-14(21)24(22,23)20-13-8-17-4-3-12(13)19-11-6-9(15)5-10(16)7-11/h3-8,20H,2H2,1H3,(H,17,19)(H,18,21). The van der Waals surface area contributed by atoms with Gasteiger partial charge in [-0.1, -0.05) is 23.2 Å². The zero-order chi connectivity index (χ0) is 17.7. The first-order chi connectivity index (χ1) is 11.3. The van der Waals surface area contributed by atoms with Crippen molar-refractivity contribution in [3.05, 3.63) is 46.7 Å². The number of carbonyl (C=O) groups excluding carboxylic acids is 1. The Morgan fingerprint density at radius 3 is 2.46 bits per heavy atom.